The average Bonchev–Trinajstić information content (AvgIpc) is 2.09. The van der Waals surface area contributed by atoms with Crippen LogP contribution in [0.4, 0.5) is 4.79 Å². The zero-order valence-corrected chi connectivity index (χ0v) is 8.26. The minimum absolute atomic E-state index is 0.00217. The molecule has 3 N–H and O–H groups in total. The SMILES string of the molecule is O=C(O)NC1CCC(O)(CS)CC1. The summed E-state index contributed by atoms with van der Waals surface area (Å²) in [6, 6.07) is -0.00217. The van der Waals surface area contributed by atoms with Crippen LogP contribution in [0, 0.1) is 0 Å². The Kier molecular flexibility index (Phi) is 3.44. The fourth-order valence-electron chi connectivity index (χ4n) is 1.63. The van der Waals surface area contributed by atoms with Gasteiger partial charge in [-0.2, -0.15) is 12.6 Å². The molecule has 4 nitrogen and oxygen atoms in total. The van der Waals surface area contributed by atoms with Gasteiger partial charge in [0.05, 0.1) is 5.60 Å². The van der Waals surface area contributed by atoms with Crippen LogP contribution < -0.4 is 5.32 Å². The predicted octanol–water partition coefficient (Wildman–Crippen LogP) is 0.857. The zero-order chi connectivity index (χ0) is 9.90. The van der Waals surface area contributed by atoms with E-state index in [-0.39, 0.29) is 6.04 Å². The number of amides is 1. The number of thiol groups is 1. The van der Waals surface area contributed by atoms with E-state index in [1.54, 1.807) is 0 Å². The van der Waals surface area contributed by atoms with Gasteiger partial charge in [-0.25, -0.2) is 4.79 Å². The predicted molar refractivity (Wildman–Crippen MR) is 52.2 cm³/mol. The van der Waals surface area contributed by atoms with Crippen molar-refractivity contribution in [1.29, 1.82) is 0 Å². The van der Waals surface area contributed by atoms with E-state index >= 15 is 0 Å². The summed E-state index contributed by atoms with van der Waals surface area (Å²) in [5, 5.41) is 20.7. The Balaban J connectivity index is 2.34. The molecule has 0 aromatic heterocycles. The molecule has 0 atom stereocenters. The third kappa shape index (κ3) is 3.08. The molecule has 1 amide bonds. The van der Waals surface area contributed by atoms with Crippen LogP contribution in [0.25, 0.3) is 0 Å². The summed E-state index contributed by atoms with van der Waals surface area (Å²) >= 11 is 4.06. The molecule has 0 radical (unpaired) electrons. The van der Waals surface area contributed by atoms with E-state index in [1.807, 2.05) is 0 Å². The Labute approximate surface area is 82.7 Å². The number of nitrogens with one attached hydrogen (secondary N) is 1. The summed E-state index contributed by atoms with van der Waals surface area (Å²) in [6.07, 6.45) is 1.66. The molecular formula is C8H15NO3S. The van der Waals surface area contributed by atoms with Crippen molar-refractivity contribution in [2.24, 2.45) is 0 Å². The number of aliphatic hydroxyl groups is 1. The molecule has 1 aliphatic rings. The molecule has 76 valence electrons. The topological polar surface area (TPSA) is 69.6 Å². The molecule has 0 bridgehead atoms. The standard InChI is InChI=1S/C8H15NO3S/c10-7(11)9-6-1-3-8(12,5-13)4-2-6/h6,9,12-13H,1-5H2,(H,10,11). The fraction of sp³-hybridized carbons (Fsp3) is 0.875. The van der Waals surface area contributed by atoms with Gasteiger partial charge in [-0.3, -0.25) is 0 Å². The van der Waals surface area contributed by atoms with Crippen LogP contribution in [0.1, 0.15) is 25.7 Å². The molecule has 0 saturated heterocycles. The molecule has 1 saturated carbocycles. The number of hydrogen-bond acceptors (Lipinski definition) is 3. The zero-order valence-electron chi connectivity index (χ0n) is 7.36. The first-order chi connectivity index (χ1) is 6.06. The minimum atomic E-state index is -0.985. The van der Waals surface area contributed by atoms with Gasteiger partial charge >= 0.3 is 6.09 Å². The molecule has 1 fully saturated rings. The lowest BCUT2D eigenvalue weighted by Gasteiger charge is -2.34. The summed E-state index contributed by atoms with van der Waals surface area (Å²) < 4.78 is 0. The molecule has 0 aromatic rings. The van der Waals surface area contributed by atoms with Gasteiger partial charge < -0.3 is 15.5 Å². The van der Waals surface area contributed by atoms with Crippen molar-refractivity contribution < 1.29 is 15.0 Å². The lowest BCUT2D eigenvalue weighted by Crippen LogP contribution is -2.43. The Morgan fingerprint density at radius 2 is 2.08 bits per heavy atom. The van der Waals surface area contributed by atoms with Crippen molar-refractivity contribution in [3.8, 4) is 0 Å². The Morgan fingerprint density at radius 1 is 1.54 bits per heavy atom. The van der Waals surface area contributed by atoms with E-state index in [2.05, 4.69) is 17.9 Å². The number of hydrogen-bond donors (Lipinski definition) is 4. The van der Waals surface area contributed by atoms with Crippen molar-refractivity contribution in [3.05, 3.63) is 0 Å². The number of rotatable bonds is 2. The van der Waals surface area contributed by atoms with Gasteiger partial charge in [-0.05, 0) is 25.7 Å². The monoisotopic (exact) mass is 205 g/mol. The summed E-state index contributed by atoms with van der Waals surface area (Å²) in [6.45, 7) is 0. The third-order valence-electron chi connectivity index (χ3n) is 2.54. The van der Waals surface area contributed by atoms with Crippen LogP contribution in [0.15, 0.2) is 0 Å². The van der Waals surface area contributed by atoms with Crippen molar-refractivity contribution in [2.75, 3.05) is 5.75 Å². The average molecular weight is 205 g/mol. The van der Waals surface area contributed by atoms with Crippen LogP contribution in [0.5, 0.6) is 0 Å². The highest BCUT2D eigenvalue weighted by Crippen LogP contribution is 2.29. The molecule has 13 heavy (non-hydrogen) atoms. The lowest BCUT2D eigenvalue weighted by molar-refractivity contribution is 0.0193. The van der Waals surface area contributed by atoms with E-state index in [1.165, 1.54) is 0 Å². The quantitative estimate of drug-likeness (QED) is 0.505. The largest absolute Gasteiger partial charge is 0.465 e. The summed E-state index contributed by atoms with van der Waals surface area (Å²) in [5.74, 6) is 0.451. The maximum absolute atomic E-state index is 10.3. The first-order valence-corrected chi connectivity index (χ1v) is 5.02. The van der Waals surface area contributed by atoms with E-state index < -0.39 is 11.7 Å². The highest BCUT2D eigenvalue weighted by atomic mass is 32.1. The van der Waals surface area contributed by atoms with Crippen molar-refractivity contribution in [1.82, 2.24) is 5.32 Å². The Bertz CT molecular complexity index is 190. The highest BCUT2D eigenvalue weighted by Gasteiger charge is 2.32. The Hall–Kier alpha value is -0.420. The molecule has 0 unspecified atom stereocenters. The van der Waals surface area contributed by atoms with Gasteiger partial charge in [-0.1, -0.05) is 0 Å². The molecule has 5 heteroatoms. The first kappa shape index (κ1) is 10.7. The highest BCUT2D eigenvalue weighted by molar-refractivity contribution is 7.80. The van der Waals surface area contributed by atoms with E-state index in [4.69, 9.17) is 5.11 Å². The smallest absolute Gasteiger partial charge is 0.404 e. The van der Waals surface area contributed by atoms with E-state index in [0.717, 1.165) is 0 Å². The molecule has 1 rings (SSSR count). The Morgan fingerprint density at radius 3 is 2.46 bits per heavy atom. The maximum Gasteiger partial charge on any atom is 0.404 e. The number of carbonyl (C=O) groups is 1. The maximum atomic E-state index is 10.3. The van der Waals surface area contributed by atoms with Gasteiger partial charge in [0.15, 0.2) is 0 Å². The molecule has 0 heterocycles. The van der Waals surface area contributed by atoms with Crippen LogP contribution in [0.2, 0.25) is 0 Å². The fourth-order valence-corrected chi connectivity index (χ4v) is 1.95. The first-order valence-electron chi connectivity index (χ1n) is 4.38. The minimum Gasteiger partial charge on any atom is -0.465 e. The van der Waals surface area contributed by atoms with Crippen molar-refractivity contribution in [2.45, 2.75) is 37.3 Å². The molecular weight excluding hydrogens is 190 g/mol. The molecule has 0 spiro atoms. The van der Waals surface area contributed by atoms with Crippen molar-refractivity contribution in [3.63, 3.8) is 0 Å². The van der Waals surface area contributed by atoms with Gasteiger partial charge in [-0.15, -0.1) is 0 Å². The van der Waals surface area contributed by atoms with Crippen LogP contribution in [-0.2, 0) is 0 Å². The second kappa shape index (κ2) is 4.19. The van der Waals surface area contributed by atoms with Crippen LogP contribution in [0.3, 0.4) is 0 Å². The molecule has 0 aliphatic heterocycles. The summed E-state index contributed by atoms with van der Waals surface area (Å²) in [5.41, 5.74) is -0.681. The molecule has 1 aliphatic carbocycles. The van der Waals surface area contributed by atoms with Crippen LogP contribution >= 0.6 is 12.6 Å². The van der Waals surface area contributed by atoms with Crippen LogP contribution in [-0.4, -0.2) is 33.7 Å². The normalized spacial score (nSPS) is 34.2. The van der Waals surface area contributed by atoms with Gasteiger partial charge in [0, 0.05) is 11.8 Å². The second-order valence-electron chi connectivity index (χ2n) is 3.61. The second-order valence-corrected chi connectivity index (χ2v) is 3.92. The summed E-state index contributed by atoms with van der Waals surface area (Å²) in [4.78, 5) is 10.3. The van der Waals surface area contributed by atoms with Gasteiger partial charge in [0.25, 0.3) is 0 Å². The van der Waals surface area contributed by atoms with Crippen molar-refractivity contribution >= 4 is 18.7 Å². The van der Waals surface area contributed by atoms with E-state index in [0.29, 0.717) is 31.4 Å². The third-order valence-corrected chi connectivity index (χ3v) is 3.13. The lowest BCUT2D eigenvalue weighted by atomic mass is 9.83. The van der Waals surface area contributed by atoms with E-state index in [9.17, 15) is 9.90 Å². The van der Waals surface area contributed by atoms with Gasteiger partial charge in [0.2, 0.25) is 0 Å². The molecule has 0 aromatic carbocycles. The summed E-state index contributed by atoms with van der Waals surface area (Å²) in [7, 11) is 0. The number of carboxylic acid groups (broad SMARTS) is 1. The van der Waals surface area contributed by atoms with Gasteiger partial charge in [0.1, 0.15) is 0 Å².